The van der Waals surface area contributed by atoms with Gasteiger partial charge >= 0.3 is 0 Å². The predicted molar refractivity (Wildman–Crippen MR) is 107 cm³/mol. The molecule has 3 aromatic rings. The molecule has 27 heavy (non-hydrogen) atoms. The topological polar surface area (TPSA) is 37.2 Å². The molecule has 0 saturated carbocycles. The molecule has 1 fully saturated rings. The molecule has 1 saturated heterocycles. The first-order chi connectivity index (χ1) is 12.9. The number of imidazole rings is 1. The molecular formula is C21H26FN5. The van der Waals surface area contributed by atoms with Crippen molar-refractivity contribution in [2.75, 3.05) is 25.0 Å². The first-order valence-electron chi connectivity index (χ1n) is 9.43. The number of benzene rings is 1. The van der Waals surface area contributed by atoms with Crippen LogP contribution in [0.3, 0.4) is 0 Å². The number of alkyl halides is 1. The Labute approximate surface area is 159 Å². The fourth-order valence-corrected chi connectivity index (χ4v) is 3.95. The van der Waals surface area contributed by atoms with E-state index in [9.17, 15) is 4.39 Å². The third kappa shape index (κ3) is 3.30. The number of pyridine rings is 1. The van der Waals surface area contributed by atoms with Gasteiger partial charge in [0, 0.05) is 45.0 Å². The minimum absolute atomic E-state index is 0.229. The highest BCUT2D eigenvalue weighted by molar-refractivity contribution is 5.79. The molecule has 0 radical (unpaired) electrons. The van der Waals surface area contributed by atoms with E-state index in [2.05, 4.69) is 57.9 Å². The second kappa shape index (κ2) is 6.93. The van der Waals surface area contributed by atoms with Gasteiger partial charge in [0.2, 0.25) is 0 Å². The van der Waals surface area contributed by atoms with Gasteiger partial charge in [0.1, 0.15) is 17.5 Å². The second-order valence-electron chi connectivity index (χ2n) is 7.55. The maximum atomic E-state index is 13.5. The summed E-state index contributed by atoms with van der Waals surface area (Å²) >= 11 is 0. The summed E-state index contributed by atoms with van der Waals surface area (Å²) in [5.74, 6) is 0.884. The number of rotatable bonds is 4. The molecule has 2 atom stereocenters. The van der Waals surface area contributed by atoms with E-state index in [0.29, 0.717) is 13.0 Å². The van der Waals surface area contributed by atoms with Crippen LogP contribution in [0.2, 0.25) is 0 Å². The van der Waals surface area contributed by atoms with Crippen LogP contribution >= 0.6 is 0 Å². The lowest BCUT2D eigenvalue weighted by molar-refractivity contribution is 0.235. The lowest BCUT2D eigenvalue weighted by Gasteiger charge is -2.26. The van der Waals surface area contributed by atoms with Crippen LogP contribution in [0.4, 0.5) is 15.9 Å². The Kier molecular flexibility index (Phi) is 4.60. The molecule has 1 aliphatic heterocycles. The van der Waals surface area contributed by atoms with Crippen LogP contribution in [0.15, 0.2) is 36.8 Å². The van der Waals surface area contributed by atoms with Crippen LogP contribution in [-0.4, -0.2) is 45.7 Å². The Morgan fingerprint density at radius 3 is 2.78 bits per heavy atom. The lowest BCUT2D eigenvalue weighted by Crippen LogP contribution is -2.25. The number of halogens is 1. The molecule has 1 unspecified atom stereocenters. The molecule has 0 aliphatic carbocycles. The molecule has 0 amide bonds. The van der Waals surface area contributed by atoms with Crippen molar-refractivity contribution >= 4 is 22.5 Å². The van der Waals surface area contributed by atoms with E-state index in [1.54, 1.807) is 6.33 Å². The maximum Gasteiger partial charge on any atom is 0.134 e. The molecule has 2 aromatic heterocycles. The van der Waals surface area contributed by atoms with Gasteiger partial charge in [0.25, 0.3) is 0 Å². The summed E-state index contributed by atoms with van der Waals surface area (Å²) in [6.07, 6.45) is 3.57. The first kappa shape index (κ1) is 17.9. The van der Waals surface area contributed by atoms with Crippen LogP contribution in [0.1, 0.15) is 30.5 Å². The number of aryl methyl sites for hydroxylation is 2. The first-order valence-corrected chi connectivity index (χ1v) is 9.43. The number of nitrogens with zero attached hydrogens (tertiary/aromatic N) is 5. The molecule has 4 rings (SSSR count). The molecule has 3 heterocycles. The van der Waals surface area contributed by atoms with Gasteiger partial charge in [-0.2, -0.15) is 0 Å². The van der Waals surface area contributed by atoms with Crippen LogP contribution in [0, 0.1) is 6.92 Å². The normalized spacial score (nSPS) is 18.9. The number of hydrogen-bond acceptors (Lipinski definition) is 4. The zero-order valence-electron chi connectivity index (χ0n) is 16.4. The third-order valence-corrected chi connectivity index (χ3v) is 5.72. The van der Waals surface area contributed by atoms with Crippen LogP contribution in [-0.2, 0) is 7.05 Å². The van der Waals surface area contributed by atoms with Crippen molar-refractivity contribution in [1.82, 2.24) is 19.4 Å². The Bertz CT molecular complexity index is 966. The van der Waals surface area contributed by atoms with Crippen LogP contribution in [0.5, 0.6) is 0 Å². The smallest absolute Gasteiger partial charge is 0.134 e. The van der Waals surface area contributed by atoms with Gasteiger partial charge in [-0.15, -0.1) is 0 Å². The van der Waals surface area contributed by atoms with E-state index >= 15 is 0 Å². The summed E-state index contributed by atoms with van der Waals surface area (Å²) < 4.78 is 15.5. The highest BCUT2D eigenvalue weighted by Crippen LogP contribution is 2.32. The van der Waals surface area contributed by atoms with E-state index in [1.807, 2.05) is 24.9 Å². The molecule has 1 aromatic carbocycles. The molecule has 142 valence electrons. The molecule has 6 heteroatoms. The quantitative estimate of drug-likeness (QED) is 0.694. The van der Waals surface area contributed by atoms with Crippen LogP contribution < -0.4 is 4.90 Å². The van der Waals surface area contributed by atoms with E-state index in [4.69, 9.17) is 0 Å². The average Bonchev–Trinajstić information content (AvgIpc) is 3.26. The second-order valence-corrected chi connectivity index (χ2v) is 7.55. The summed E-state index contributed by atoms with van der Waals surface area (Å²) in [5.41, 5.74) is 5.49. The molecule has 5 nitrogen and oxygen atoms in total. The van der Waals surface area contributed by atoms with Gasteiger partial charge in [-0.1, -0.05) is 12.1 Å². The molecule has 0 bridgehead atoms. The zero-order valence-corrected chi connectivity index (χ0v) is 16.4. The van der Waals surface area contributed by atoms with E-state index in [1.165, 1.54) is 11.1 Å². The minimum atomic E-state index is -0.688. The van der Waals surface area contributed by atoms with Gasteiger partial charge in [0.15, 0.2) is 0 Å². The molecule has 1 aliphatic rings. The Morgan fingerprint density at radius 2 is 2.07 bits per heavy atom. The maximum absolute atomic E-state index is 13.5. The summed E-state index contributed by atoms with van der Waals surface area (Å²) in [4.78, 5) is 13.2. The largest absolute Gasteiger partial charge is 0.334 e. The predicted octanol–water partition coefficient (Wildman–Crippen LogP) is 4.15. The van der Waals surface area contributed by atoms with Gasteiger partial charge in [0.05, 0.1) is 18.0 Å². The van der Waals surface area contributed by atoms with Gasteiger partial charge in [-0.05, 0) is 37.5 Å². The average molecular weight is 367 g/mol. The SMILES string of the molecule is Cc1cc(C(C)N2CC[C@@H](F)C2)ccc1N(C)c1cc2c(cn1)ncn2C. The Hall–Kier alpha value is -2.47. The van der Waals surface area contributed by atoms with Gasteiger partial charge in [-0.25, -0.2) is 14.4 Å². The van der Waals surface area contributed by atoms with Crippen molar-refractivity contribution in [1.29, 1.82) is 0 Å². The fourth-order valence-electron chi connectivity index (χ4n) is 3.95. The summed E-state index contributed by atoms with van der Waals surface area (Å²) in [5, 5.41) is 0. The number of likely N-dealkylation sites (tertiary alicyclic amines) is 1. The van der Waals surface area contributed by atoms with E-state index < -0.39 is 6.17 Å². The number of hydrogen-bond donors (Lipinski definition) is 0. The molecule has 0 spiro atoms. The van der Waals surface area contributed by atoms with Crippen LogP contribution in [0.25, 0.3) is 11.0 Å². The Morgan fingerprint density at radius 1 is 1.26 bits per heavy atom. The summed E-state index contributed by atoms with van der Waals surface area (Å²) in [6, 6.07) is 8.79. The van der Waals surface area contributed by atoms with Crippen molar-refractivity contribution < 1.29 is 4.39 Å². The highest BCUT2D eigenvalue weighted by atomic mass is 19.1. The number of aromatic nitrogens is 3. The van der Waals surface area contributed by atoms with Gasteiger partial charge in [-0.3, -0.25) is 4.90 Å². The minimum Gasteiger partial charge on any atom is -0.334 e. The fraction of sp³-hybridized carbons (Fsp3) is 0.429. The van der Waals surface area contributed by atoms with Crippen molar-refractivity contribution in [3.05, 3.63) is 47.9 Å². The standard InChI is InChI=1S/C21H26FN5/c1-14-9-16(15(2)27-8-7-17(22)12-27)5-6-19(14)26(4)21-10-20-18(11-23-21)24-13-25(20)3/h5-6,9-11,13,15,17H,7-8,12H2,1-4H3/t15?,17-/m1/s1. The summed E-state index contributed by atoms with van der Waals surface area (Å²) in [6.45, 7) is 5.65. The monoisotopic (exact) mass is 367 g/mol. The number of fused-ring (bicyclic) bond motifs is 1. The van der Waals surface area contributed by atoms with Crippen molar-refractivity contribution in [2.45, 2.75) is 32.5 Å². The van der Waals surface area contributed by atoms with E-state index in [-0.39, 0.29) is 6.04 Å². The van der Waals surface area contributed by atoms with E-state index in [0.717, 1.165) is 29.1 Å². The highest BCUT2D eigenvalue weighted by Gasteiger charge is 2.26. The lowest BCUT2D eigenvalue weighted by atomic mass is 10.0. The molecule has 0 N–H and O–H groups in total. The zero-order chi connectivity index (χ0) is 19.1. The van der Waals surface area contributed by atoms with Crippen molar-refractivity contribution in [2.24, 2.45) is 7.05 Å². The molecular weight excluding hydrogens is 341 g/mol. The van der Waals surface area contributed by atoms with Gasteiger partial charge < -0.3 is 9.47 Å². The number of anilines is 2. The van der Waals surface area contributed by atoms with Crippen molar-refractivity contribution in [3.8, 4) is 0 Å². The van der Waals surface area contributed by atoms with Crippen molar-refractivity contribution in [3.63, 3.8) is 0 Å². The third-order valence-electron chi connectivity index (χ3n) is 5.72. The Balaban J connectivity index is 1.60. The summed E-state index contributed by atoms with van der Waals surface area (Å²) in [7, 11) is 4.02.